The molecule has 1 aromatic carbocycles. The van der Waals surface area contributed by atoms with E-state index in [1.54, 1.807) is 4.68 Å². The Labute approximate surface area is 160 Å². The van der Waals surface area contributed by atoms with E-state index in [2.05, 4.69) is 45.0 Å². The Morgan fingerprint density at radius 1 is 1.04 bits per heavy atom. The van der Waals surface area contributed by atoms with Gasteiger partial charge in [0.25, 0.3) is 0 Å². The molecule has 4 rings (SSSR count). The van der Waals surface area contributed by atoms with E-state index in [1.807, 2.05) is 12.1 Å². The molecular weight excluding hydrogens is 338 g/mol. The van der Waals surface area contributed by atoms with E-state index in [4.69, 9.17) is 11.5 Å². The molecule has 2 fully saturated rings. The summed E-state index contributed by atoms with van der Waals surface area (Å²) >= 11 is 0. The number of nitrogens with zero attached hydrogens (tertiary/aromatic N) is 5. The third-order valence-corrected chi connectivity index (χ3v) is 5.79. The second kappa shape index (κ2) is 7.60. The van der Waals surface area contributed by atoms with Crippen LogP contribution in [0, 0.1) is 0 Å². The van der Waals surface area contributed by atoms with Crippen molar-refractivity contribution in [2.24, 2.45) is 0 Å². The predicted molar refractivity (Wildman–Crippen MR) is 109 cm³/mol. The van der Waals surface area contributed by atoms with E-state index in [0.29, 0.717) is 5.95 Å². The second-order valence-corrected chi connectivity index (χ2v) is 7.42. The lowest BCUT2D eigenvalue weighted by Crippen LogP contribution is -2.43. The van der Waals surface area contributed by atoms with Gasteiger partial charge in [0.05, 0.1) is 5.69 Å². The molecule has 2 aliphatic rings. The van der Waals surface area contributed by atoms with Crippen LogP contribution >= 0.6 is 0 Å². The Bertz CT molecular complexity index is 794. The number of anilines is 2. The van der Waals surface area contributed by atoms with Gasteiger partial charge in [0.1, 0.15) is 0 Å². The molecule has 144 valence electrons. The maximum Gasteiger partial charge on any atom is 0.241 e. The van der Waals surface area contributed by atoms with Crippen molar-refractivity contribution in [2.75, 3.05) is 37.6 Å². The maximum absolute atomic E-state index is 5.86. The van der Waals surface area contributed by atoms with Crippen LogP contribution in [0.5, 0.6) is 0 Å². The van der Waals surface area contributed by atoms with Crippen LogP contribution in [-0.4, -0.2) is 56.8 Å². The van der Waals surface area contributed by atoms with Crippen LogP contribution in [-0.2, 0) is 0 Å². The van der Waals surface area contributed by atoms with Crippen molar-refractivity contribution in [2.45, 2.75) is 38.6 Å². The summed E-state index contributed by atoms with van der Waals surface area (Å²) < 4.78 is 1.57. The normalized spacial score (nSPS) is 19.7. The molecule has 0 aliphatic carbocycles. The highest BCUT2D eigenvalue weighted by molar-refractivity contribution is 5.65. The van der Waals surface area contributed by atoms with Gasteiger partial charge in [0.15, 0.2) is 0 Å². The SMILES string of the molecule is CC=C(c1ccc(-n2nc(N)nc2N)cc1)N1CCC(N2CCCC2)CC1. The van der Waals surface area contributed by atoms with Crippen LogP contribution in [0.15, 0.2) is 30.3 Å². The lowest BCUT2D eigenvalue weighted by atomic mass is 10.0. The van der Waals surface area contributed by atoms with Crippen molar-refractivity contribution in [1.29, 1.82) is 0 Å². The molecule has 2 aliphatic heterocycles. The zero-order chi connectivity index (χ0) is 18.8. The highest BCUT2D eigenvalue weighted by Gasteiger charge is 2.27. The minimum absolute atomic E-state index is 0.187. The Balaban J connectivity index is 1.44. The molecule has 0 saturated carbocycles. The van der Waals surface area contributed by atoms with Crippen molar-refractivity contribution in [1.82, 2.24) is 24.6 Å². The molecule has 0 radical (unpaired) electrons. The first-order valence-electron chi connectivity index (χ1n) is 9.90. The number of hydrogen-bond acceptors (Lipinski definition) is 6. The number of allylic oxidation sites excluding steroid dienone is 1. The third kappa shape index (κ3) is 3.64. The summed E-state index contributed by atoms with van der Waals surface area (Å²) in [4.78, 5) is 9.17. The van der Waals surface area contributed by atoms with Crippen molar-refractivity contribution in [3.8, 4) is 5.69 Å². The first-order chi connectivity index (χ1) is 13.2. The van der Waals surface area contributed by atoms with Gasteiger partial charge < -0.3 is 21.3 Å². The van der Waals surface area contributed by atoms with Crippen LogP contribution in [0.2, 0.25) is 0 Å². The molecular formula is C20H29N7. The monoisotopic (exact) mass is 367 g/mol. The summed E-state index contributed by atoms with van der Waals surface area (Å²) in [6.07, 6.45) is 7.46. The minimum atomic E-state index is 0.187. The van der Waals surface area contributed by atoms with Crippen molar-refractivity contribution < 1.29 is 0 Å². The second-order valence-electron chi connectivity index (χ2n) is 7.42. The molecule has 1 aromatic heterocycles. The van der Waals surface area contributed by atoms with E-state index in [0.717, 1.165) is 24.8 Å². The molecule has 0 amide bonds. The predicted octanol–water partition coefficient (Wildman–Crippen LogP) is 2.35. The van der Waals surface area contributed by atoms with Gasteiger partial charge in [-0.05, 0) is 63.4 Å². The number of benzene rings is 1. The lowest BCUT2D eigenvalue weighted by molar-refractivity contribution is 0.159. The summed E-state index contributed by atoms with van der Waals surface area (Å²) in [6, 6.07) is 9.04. The largest absolute Gasteiger partial charge is 0.371 e. The summed E-state index contributed by atoms with van der Waals surface area (Å²) in [5, 5.41) is 4.14. The molecule has 7 heteroatoms. The molecule has 2 aromatic rings. The van der Waals surface area contributed by atoms with E-state index in [1.165, 1.54) is 50.0 Å². The molecule has 3 heterocycles. The van der Waals surface area contributed by atoms with Crippen molar-refractivity contribution >= 4 is 17.6 Å². The first-order valence-corrected chi connectivity index (χ1v) is 9.90. The molecule has 27 heavy (non-hydrogen) atoms. The average Bonchev–Trinajstić information content (AvgIpc) is 3.33. The van der Waals surface area contributed by atoms with E-state index in [9.17, 15) is 0 Å². The average molecular weight is 368 g/mol. The number of piperidine rings is 1. The molecule has 0 atom stereocenters. The van der Waals surface area contributed by atoms with Crippen molar-refractivity contribution in [3.63, 3.8) is 0 Å². The van der Waals surface area contributed by atoms with Gasteiger partial charge in [-0.1, -0.05) is 18.2 Å². The van der Waals surface area contributed by atoms with Crippen LogP contribution < -0.4 is 11.5 Å². The molecule has 7 nitrogen and oxygen atoms in total. The highest BCUT2D eigenvalue weighted by atomic mass is 15.4. The number of rotatable bonds is 4. The van der Waals surface area contributed by atoms with Gasteiger partial charge in [0, 0.05) is 24.8 Å². The van der Waals surface area contributed by atoms with Gasteiger partial charge >= 0.3 is 0 Å². The number of aromatic nitrogens is 3. The van der Waals surface area contributed by atoms with Gasteiger partial charge in [-0.2, -0.15) is 9.67 Å². The van der Waals surface area contributed by atoms with Gasteiger partial charge in [-0.15, -0.1) is 5.10 Å². The Hall–Kier alpha value is -2.54. The molecule has 4 N–H and O–H groups in total. The van der Waals surface area contributed by atoms with Gasteiger partial charge in [-0.25, -0.2) is 0 Å². The lowest BCUT2D eigenvalue weighted by Gasteiger charge is -2.39. The Morgan fingerprint density at radius 2 is 1.70 bits per heavy atom. The number of nitrogens with two attached hydrogens (primary N) is 2. The fraction of sp³-hybridized carbons (Fsp3) is 0.500. The molecule has 0 bridgehead atoms. The van der Waals surface area contributed by atoms with Gasteiger partial charge in [0.2, 0.25) is 11.9 Å². The van der Waals surface area contributed by atoms with E-state index >= 15 is 0 Å². The number of likely N-dealkylation sites (tertiary alicyclic amines) is 2. The van der Waals surface area contributed by atoms with E-state index < -0.39 is 0 Å². The van der Waals surface area contributed by atoms with Crippen LogP contribution in [0.25, 0.3) is 11.4 Å². The zero-order valence-electron chi connectivity index (χ0n) is 16.0. The Kier molecular flexibility index (Phi) is 5.03. The number of hydrogen-bond donors (Lipinski definition) is 2. The molecule has 0 unspecified atom stereocenters. The number of nitrogen functional groups attached to an aromatic ring is 2. The summed E-state index contributed by atoms with van der Waals surface area (Å²) in [5.41, 5.74) is 14.9. The molecule has 2 saturated heterocycles. The maximum atomic E-state index is 5.86. The van der Waals surface area contributed by atoms with E-state index in [-0.39, 0.29) is 5.95 Å². The fourth-order valence-electron chi connectivity index (χ4n) is 4.41. The Morgan fingerprint density at radius 3 is 2.26 bits per heavy atom. The van der Waals surface area contributed by atoms with Gasteiger partial charge in [-0.3, -0.25) is 0 Å². The molecule has 0 spiro atoms. The highest BCUT2D eigenvalue weighted by Crippen LogP contribution is 2.28. The quantitative estimate of drug-likeness (QED) is 0.862. The summed E-state index contributed by atoms with van der Waals surface area (Å²) in [6.45, 7) is 6.94. The smallest absolute Gasteiger partial charge is 0.241 e. The minimum Gasteiger partial charge on any atom is -0.371 e. The fourth-order valence-corrected chi connectivity index (χ4v) is 4.41. The topological polar surface area (TPSA) is 89.2 Å². The summed E-state index contributed by atoms with van der Waals surface area (Å²) in [5.74, 6) is 0.488. The standard InChI is InChI=1S/C20H29N7/c1-2-18(26-13-9-16(10-14-26)25-11-3-4-12-25)15-5-7-17(8-6-15)27-20(22)23-19(21)24-27/h2,5-8,16H,3-4,9-14H2,1H3,(H4,21,22,23,24). The van der Waals surface area contributed by atoms with Crippen molar-refractivity contribution in [3.05, 3.63) is 35.9 Å². The van der Waals surface area contributed by atoms with Crippen LogP contribution in [0.4, 0.5) is 11.9 Å². The zero-order valence-corrected chi connectivity index (χ0v) is 16.0. The van der Waals surface area contributed by atoms with Crippen LogP contribution in [0.1, 0.15) is 38.2 Å². The summed E-state index contributed by atoms with van der Waals surface area (Å²) in [7, 11) is 0. The third-order valence-electron chi connectivity index (χ3n) is 5.79. The first kappa shape index (κ1) is 17.9. The van der Waals surface area contributed by atoms with Crippen LogP contribution in [0.3, 0.4) is 0 Å².